The van der Waals surface area contributed by atoms with Crippen LogP contribution in [0.15, 0.2) is 30.6 Å². The number of hydrogen-bond acceptors (Lipinski definition) is 5. The molecule has 0 radical (unpaired) electrons. The van der Waals surface area contributed by atoms with Crippen LogP contribution in [0.4, 0.5) is 5.69 Å². The summed E-state index contributed by atoms with van der Waals surface area (Å²) >= 11 is 1.17. The molecule has 198 valence electrons. The quantitative estimate of drug-likeness (QED) is 0.423. The molecule has 2 aromatic heterocycles. The standard InChI is InChI=1S/C30H38N2O4S/c1-20-5-7-21(8-6-20)28(33)32(22-9-11-23(12-10-22)36-24-14-17-31-18-15-24)26-19-25(13-16-30(2,3)4)37-27(26)29(34)35/h14-15,17-23H,5-12H2,1-4H3,(H,34,35)/t20-,21-,22-,23-. The number of rotatable bonds is 6. The molecule has 0 spiro atoms. The monoisotopic (exact) mass is 522 g/mol. The van der Waals surface area contributed by atoms with E-state index in [2.05, 4.69) is 23.7 Å². The van der Waals surface area contributed by atoms with Gasteiger partial charge in [-0.25, -0.2) is 4.79 Å². The first-order valence-electron chi connectivity index (χ1n) is 13.4. The molecule has 2 aliphatic carbocycles. The fraction of sp³-hybridized carbons (Fsp3) is 0.567. The maximum absolute atomic E-state index is 14.0. The fourth-order valence-corrected chi connectivity index (χ4v) is 6.10. The highest BCUT2D eigenvalue weighted by Crippen LogP contribution is 2.39. The first-order chi connectivity index (χ1) is 17.6. The summed E-state index contributed by atoms with van der Waals surface area (Å²) in [4.78, 5) is 33.1. The van der Waals surface area contributed by atoms with Crippen molar-refractivity contribution < 1.29 is 19.4 Å². The molecule has 2 aliphatic rings. The number of hydrogen-bond donors (Lipinski definition) is 1. The second kappa shape index (κ2) is 11.7. The third kappa shape index (κ3) is 7.13. The summed E-state index contributed by atoms with van der Waals surface area (Å²) in [6, 6.07) is 5.49. The van der Waals surface area contributed by atoms with E-state index >= 15 is 0 Å². The van der Waals surface area contributed by atoms with Gasteiger partial charge in [0.05, 0.1) is 16.7 Å². The van der Waals surface area contributed by atoms with E-state index in [-0.39, 0.29) is 34.3 Å². The minimum atomic E-state index is -1.01. The van der Waals surface area contributed by atoms with Gasteiger partial charge in [-0.1, -0.05) is 18.8 Å². The van der Waals surface area contributed by atoms with Crippen molar-refractivity contribution in [3.05, 3.63) is 40.3 Å². The van der Waals surface area contributed by atoms with Crippen LogP contribution < -0.4 is 9.64 Å². The first-order valence-corrected chi connectivity index (χ1v) is 14.2. The minimum Gasteiger partial charge on any atom is -0.490 e. The molecular weight excluding hydrogens is 484 g/mol. The van der Waals surface area contributed by atoms with Gasteiger partial charge in [0, 0.05) is 29.8 Å². The summed E-state index contributed by atoms with van der Waals surface area (Å²) in [6.07, 6.45) is 10.5. The van der Waals surface area contributed by atoms with E-state index in [1.54, 1.807) is 12.4 Å². The molecule has 0 aromatic carbocycles. The Morgan fingerprint density at radius 2 is 1.70 bits per heavy atom. The zero-order chi connectivity index (χ0) is 26.6. The molecule has 0 unspecified atom stereocenters. The molecule has 1 N–H and O–H groups in total. The second-order valence-electron chi connectivity index (χ2n) is 11.5. The minimum absolute atomic E-state index is 0.0553. The van der Waals surface area contributed by atoms with Crippen LogP contribution in [-0.4, -0.2) is 34.1 Å². The molecule has 2 heterocycles. The normalized spacial score (nSPS) is 24.0. The van der Waals surface area contributed by atoms with Crippen molar-refractivity contribution in [2.24, 2.45) is 17.3 Å². The number of carbonyl (C=O) groups excluding carboxylic acids is 1. The Kier molecular flexibility index (Phi) is 8.59. The zero-order valence-corrected chi connectivity index (χ0v) is 23.1. The zero-order valence-electron chi connectivity index (χ0n) is 22.3. The molecular formula is C30H38N2O4S. The maximum Gasteiger partial charge on any atom is 0.348 e. The van der Waals surface area contributed by atoms with Crippen molar-refractivity contribution in [1.82, 2.24) is 4.98 Å². The number of pyridine rings is 1. The number of amides is 1. The molecule has 0 bridgehead atoms. The highest BCUT2D eigenvalue weighted by molar-refractivity contribution is 7.15. The lowest BCUT2D eigenvalue weighted by Crippen LogP contribution is -2.47. The number of aromatic carboxylic acids is 1. The molecule has 2 aromatic rings. The second-order valence-corrected chi connectivity index (χ2v) is 12.6. The van der Waals surface area contributed by atoms with E-state index in [0.717, 1.165) is 57.1 Å². The third-order valence-corrected chi connectivity index (χ3v) is 8.32. The summed E-state index contributed by atoms with van der Waals surface area (Å²) in [7, 11) is 0. The van der Waals surface area contributed by atoms with Gasteiger partial charge in [0.15, 0.2) is 0 Å². The highest BCUT2D eigenvalue weighted by Gasteiger charge is 2.37. The molecule has 0 saturated heterocycles. The Hall–Kier alpha value is -2.85. The van der Waals surface area contributed by atoms with E-state index in [9.17, 15) is 14.7 Å². The van der Waals surface area contributed by atoms with E-state index in [1.807, 2.05) is 43.9 Å². The van der Waals surface area contributed by atoms with Crippen LogP contribution in [0.2, 0.25) is 0 Å². The van der Waals surface area contributed by atoms with Gasteiger partial charge >= 0.3 is 5.97 Å². The van der Waals surface area contributed by atoms with Crippen LogP contribution in [0, 0.1) is 29.1 Å². The van der Waals surface area contributed by atoms with Crippen LogP contribution >= 0.6 is 11.3 Å². The van der Waals surface area contributed by atoms with Crippen molar-refractivity contribution in [3.63, 3.8) is 0 Å². The Labute approximate surface area is 224 Å². The topological polar surface area (TPSA) is 79.7 Å². The third-order valence-electron chi connectivity index (χ3n) is 7.29. The lowest BCUT2D eigenvalue weighted by Gasteiger charge is -2.39. The van der Waals surface area contributed by atoms with E-state index in [4.69, 9.17) is 4.74 Å². The molecule has 2 saturated carbocycles. The number of thiophene rings is 1. The number of aromatic nitrogens is 1. The van der Waals surface area contributed by atoms with E-state index in [1.165, 1.54) is 11.3 Å². The summed E-state index contributed by atoms with van der Waals surface area (Å²) < 4.78 is 6.15. The Bertz CT molecular complexity index is 1140. The summed E-state index contributed by atoms with van der Waals surface area (Å²) in [5.41, 5.74) is 0.313. The molecule has 6 nitrogen and oxygen atoms in total. The van der Waals surface area contributed by atoms with Gasteiger partial charge in [0.25, 0.3) is 0 Å². The van der Waals surface area contributed by atoms with Crippen LogP contribution in [0.3, 0.4) is 0 Å². The lowest BCUT2D eigenvalue weighted by molar-refractivity contribution is -0.124. The maximum atomic E-state index is 14.0. The van der Waals surface area contributed by atoms with Crippen molar-refractivity contribution in [3.8, 4) is 17.6 Å². The molecule has 0 atom stereocenters. The van der Waals surface area contributed by atoms with Crippen LogP contribution in [0.25, 0.3) is 0 Å². The number of ether oxygens (including phenoxy) is 1. The van der Waals surface area contributed by atoms with Crippen LogP contribution in [-0.2, 0) is 4.79 Å². The van der Waals surface area contributed by atoms with Crippen molar-refractivity contribution in [1.29, 1.82) is 0 Å². The fourth-order valence-electron chi connectivity index (χ4n) is 5.25. The van der Waals surface area contributed by atoms with Crippen LogP contribution in [0.5, 0.6) is 5.75 Å². The van der Waals surface area contributed by atoms with Gasteiger partial charge in [0.2, 0.25) is 5.91 Å². The average Bonchev–Trinajstić information content (AvgIpc) is 3.29. The summed E-state index contributed by atoms with van der Waals surface area (Å²) in [5, 5.41) is 10.1. The van der Waals surface area contributed by atoms with Gasteiger partial charge in [-0.2, -0.15) is 0 Å². The van der Waals surface area contributed by atoms with Gasteiger partial charge < -0.3 is 14.7 Å². The Balaban J connectivity index is 1.61. The molecule has 0 aliphatic heterocycles. The Morgan fingerprint density at radius 1 is 1.05 bits per heavy atom. The van der Waals surface area contributed by atoms with Gasteiger partial charge in [-0.3, -0.25) is 9.78 Å². The molecule has 37 heavy (non-hydrogen) atoms. The average molecular weight is 523 g/mol. The summed E-state index contributed by atoms with van der Waals surface area (Å²) in [6.45, 7) is 8.32. The predicted octanol–water partition coefficient (Wildman–Crippen LogP) is 6.79. The Morgan fingerprint density at radius 3 is 2.30 bits per heavy atom. The molecule has 1 amide bonds. The predicted molar refractivity (Wildman–Crippen MR) is 147 cm³/mol. The smallest absolute Gasteiger partial charge is 0.348 e. The van der Waals surface area contributed by atoms with Gasteiger partial charge in [-0.05, 0) is 96.3 Å². The van der Waals surface area contributed by atoms with Crippen molar-refractivity contribution in [2.45, 2.75) is 91.2 Å². The van der Waals surface area contributed by atoms with Crippen molar-refractivity contribution >= 4 is 28.9 Å². The van der Waals surface area contributed by atoms with E-state index in [0.29, 0.717) is 16.5 Å². The van der Waals surface area contributed by atoms with Crippen molar-refractivity contribution in [2.75, 3.05) is 4.90 Å². The number of carbonyl (C=O) groups is 2. The molecule has 2 fully saturated rings. The first kappa shape index (κ1) is 27.2. The number of carboxylic acids is 1. The van der Waals surface area contributed by atoms with Crippen LogP contribution in [0.1, 0.15) is 93.6 Å². The number of anilines is 1. The SMILES string of the molecule is CC(C)(C)C#Cc1cc(N(C(=O)[C@H]2CC[C@H](C)CC2)[C@H]2CC[C@H](Oc3ccncc3)CC2)c(C(=O)O)s1. The number of nitrogens with zero attached hydrogens (tertiary/aromatic N) is 2. The molecule has 4 rings (SSSR count). The molecule has 7 heteroatoms. The summed E-state index contributed by atoms with van der Waals surface area (Å²) in [5.74, 6) is 6.80. The number of carboxylic acid groups (broad SMARTS) is 1. The lowest BCUT2D eigenvalue weighted by atomic mass is 9.81. The van der Waals surface area contributed by atoms with E-state index < -0.39 is 5.97 Å². The van der Waals surface area contributed by atoms with Gasteiger partial charge in [0.1, 0.15) is 10.6 Å². The van der Waals surface area contributed by atoms with Gasteiger partial charge in [-0.15, -0.1) is 11.3 Å². The highest BCUT2D eigenvalue weighted by atomic mass is 32.1. The largest absolute Gasteiger partial charge is 0.490 e.